The van der Waals surface area contributed by atoms with E-state index in [0.717, 1.165) is 19.6 Å². The Bertz CT molecular complexity index is 434. The highest BCUT2D eigenvalue weighted by molar-refractivity contribution is 7.10. The summed E-state index contributed by atoms with van der Waals surface area (Å²) in [4.78, 5) is 4.20. The summed E-state index contributed by atoms with van der Waals surface area (Å²) in [5.41, 5.74) is 1.54. The third-order valence-electron chi connectivity index (χ3n) is 4.66. The summed E-state index contributed by atoms with van der Waals surface area (Å²) in [6.07, 6.45) is 4.50. The summed E-state index contributed by atoms with van der Waals surface area (Å²) in [6.45, 7) is 8.83. The van der Waals surface area contributed by atoms with E-state index < -0.39 is 0 Å². The van der Waals surface area contributed by atoms with Crippen molar-refractivity contribution in [1.82, 2.24) is 10.2 Å². The second-order valence-corrected chi connectivity index (χ2v) is 6.99. The van der Waals surface area contributed by atoms with Crippen molar-refractivity contribution in [2.75, 3.05) is 26.2 Å². The highest BCUT2D eigenvalue weighted by Gasteiger charge is 2.30. The summed E-state index contributed by atoms with van der Waals surface area (Å²) < 4.78 is 6.18. The summed E-state index contributed by atoms with van der Waals surface area (Å²) in [6, 6.07) is 2.86. The molecule has 1 N–H and O–H groups in total. The van der Waals surface area contributed by atoms with E-state index in [1.165, 1.54) is 25.8 Å². The first-order valence-electron chi connectivity index (χ1n) is 7.94. The molecular formula is C16H26N2OS. The Labute approximate surface area is 126 Å². The lowest BCUT2D eigenvalue weighted by molar-refractivity contribution is 0.0144. The molecule has 0 spiro atoms. The number of thiophene rings is 1. The van der Waals surface area contributed by atoms with Crippen LogP contribution in [0.2, 0.25) is 0 Å². The predicted molar refractivity (Wildman–Crippen MR) is 84.4 cm³/mol. The number of nitrogens with one attached hydrogen (secondary N) is 1. The topological polar surface area (TPSA) is 24.5 Å². The largest absolute Gasteiger partial charge is 0.372 e. The molecule has 112 valence electrons. The molecule has 1 fully saturated rings. The fourth-order valence-corrected chi connectivity index (χ4v) is 4.40. The van der Waals surface area contributed by atoms with Crippen LogP contribution in [0.15, 0.2) is 11.4 Å². The SMILES string of the molecule is CCNCC1CCC(CN2CCc3sccc3C2C)O1. The summed E-state index contributed by atoms with van der Waals surface area (Å²) in [7, 11) is 0. The van der Waals surface area contributed by atoms with E-state index in [2.05, 4.69) is 35.5 Å². The van der Waals surface area contributed by atoms with E-state index in [-0.39, 0.29) is 0 Å². The first-order valence-corrected chi connectivity index (χ1v) is 8.82. The molecule has 3 rings (SSSR count). The minimum Gasteiger partial charge on any atom is -0.372 e. The lowest BCUT2D eigenvalue weighted by Crippen LogP contribution is -2.39. The van der Waals surface area contributed by atoms with Crippen LogP contribution in [0.1, 0.15) is 43.2 Å². The van der Waals surface area contributed by atoms with Crippen molar-refractivity contribution in [2.45, 2.75) is 51.4 Å². The van der Waals surface area contributed by atoms with Gasteiger partial charge in [0.25, 0.3) is 0 Å². The van der Waals surface area contributed by atoms with Crippen molar-refractivity contribution < 1.29 is 4.74 Å². The number of hydrogen-bond acceptors (Lipinski definition) is 4. The van der Waals surface area contributed by atoms with Gasteiger partial charge >= 0.3 is 0 Å². The molecule has 0 aromatic carbocycles. The average Bonchev–Trinajstić information content (AvgIpc) is 3.09. The van der Waals surface area contributed by atoms with Crippen LogP contribution in [0.3, 0.4) is 0 Å². The van der Waals surface area contributed by atoms with Gasteiger partial charge in [0.1, 0.15) is 0 Å². The Hall–Kier alpha value is -0.420. The minimum absolute atomic E-state index is 0.428. The van der Waals surface area contributed by atoms with Crippen LogP contribution in [-0.2, 0) is 11.2 Å². The molecule has 0 radical (unpaired) electrons. The van der Waals surface area contributed by atoms with Crippen LogP contribution in [0.25, 0.3) is 0 Å². The molecule has 0 amide bonds. The number of fused-ring (bicyclic) bond motifs is 1. The molecular weight excluding hydrogens is 268 g/mol. The zero-order chi connectivity index (χ0) is 13.9. The molecule has 0 saturated carbocycles. The number of ether oxygens (including phenoxy) is 1. The highest BCUT2D eigenvalue weighted by Crippen LogP contribution is 2.33. The van der Waals surface area contributed by atoms with E-state index in [9.17, 15) is 0 Å². The highest BCUT2D eigenvalue weighted by atomic mass is 32.1. The maximum Gasteiger partial charge on any atom is 0.0707 e. The van der Waals surface area contributed by atoms with Crippen molar-refractivity contribution in [3.05, 3.63) is 21.9 Å². The first kappa shape index (κ1) is 14.5. The molecule has 20 heavy (non-hydrogen) atoms. The standard InChI is InChI=1S/C16H26N2OS/c1-3-17-10-13-4-5-14(19-13)11-18-8-6-16-15(12(18)2)7-9-20-16/h7,9,12-14,17H,3-6,8,10-11H2,1-2H3. The van der Waals surface area contributed by atoms with Crippen LogP contribution in [0.4, 0.5) is 0 Å². The van der Waals surface area contributed by atoms with Crippen molar-refractivity contribution in [2.24, 2.45) is 0 Å². The predicted octanol–water partition coefficient (Wildman–Crippen LogP) is 2.82. The molecule has 3 unspecified atom stereocenters. The van der Waals surface area contributed by atoms with Gasteiger partial charge in [-0.15, -0.1) is 11.3 Å². The van der Waals surface area contributed by atoms with Crippen molar-refractivity contribution >= 4 is 11.3 Å². The van der Waals surface area contributed by atoms with Gasteiger partial charge in [-0.1, -0.05) is 6.92 Å². The normalized spacial score (nSPS) is 30.6. The van der Waals surface area contributed by atoms with Gasteiger partial charge in [0.15, 0.2) is 0 Å². The van der Waals surface area contributed by atoms with Crippen LogP contribution < -0.4 is 5.32 Å². The van der Waals surface area contributed by atoms with Gasteiger partial charge in [0.05, 0.1) is 12.2 Å². The van der Waals surface area contributed by atoms with Crippen molar-refractivity contribution in [1.29, 1.82) is 0 Å². The lowest BCUT2D eigenvalue weighted by atomic mass is 10.0. The van der Waals surface area contributed by atoms with Crippen molar-refractivity contribution in [3.63, 3.8) is 0 Å². The molecule has 0 bridgehead atoms. The Balaban J connectivity index is 1.52. The summed E-state index contributed by atoms with van der Waals surface area (Å²) in [5, 5.41) is 5.63. The van der Waals surface area contributed by atoms with Crippen molar-refractivity contribution in [3.8, 4) is 0 Å². The van der Waals surface area contributed by atoms with E-state index in [4.69, 9.17) is 4.74 Å². The second-order valence-electron chi connectivity index (χ2n) is 5.99. The fraction of sp³-hybridized carbons (Fsp3) is 0.750. The maximum atomic E-state index is 6.18. The van der Waals surface area contributed by atoms with Gasteiger partial charge < -0.3 is 10.1 Å². The number of likely N-dealkylation sites (N-methyl/N-ethyl adjacent to an activating group) is 1. The molecule has 3 atom stereocenters. The second kappa shape index (κ2) is 6.56. The van der Waals surface area contributed by atoms with Crippen LogP contribution in [-0.4, -0.2) is 43.3 Å². The Morgan fingerprint density at radius 1 is 1.40 bits per heavy atom. The molecule has 2 aliphatic rings. The Morgan fingerprint density at radius 2 is 2.25 bits per heavy atom. The van der Waals surface area contributed by atoms with Gasteiger partial charge in [-0.3, -0.25) is 4.90 Å². The number of hydrogen-bond donors (Lipinski definition) is 1. The number of rotatable bonds is 5. The molecule has 1 saturated heterocycles. The third kappa shape index (κ3) is 3.08. The minimum atomic E-state index is 0.428. The molecule has 1 aromatic heterocycles. The van der Waals surface area contributed by atoms with E-state index in [1.54, 1.807) is 10.4 Å². The quantitative estimate of drug-likeness (QED) is 0.904. The lowest BCUT2D eigenvalue weighted by Gasteiger charge is -2.35. The van der Waals surface area contributed by atoms with Gasteiger partial charge in [-0.05, 0) is 49.7 Å². The average molecular weight is 294 g/mol. The van der Waals surface area contributed by atoms with E-state index in [1.807, 2.05) is 11.3 Å². The van der Waals surface area contributed by atoms with Crippen LogP contribution in [0.5, 0.6) is 0 Å². The number of nitrogens with zero attached hydrogens (tertiary/aromatic N) is 1. The molecule has 3 nitrogen and oxygen atoms in total. The van der Waals surface area contributed by atoms with Gasteiger partial charge in [0, 0.05) is 30.6 Å². The zero-order valence-corrected chi connectivity index (χ0v) is 13.4. The monoisotopic (exact) mass is 294 g/mol. The van der Waals surface area contributed by atoms with E-state index in [0.29, 0.717) is 18.2 Å². The molecule has 0 aliphatic carbocycles. The van der Waals surface area contributed by atoms with Crippen LogP contribution in [0, 0.1) is 0 Å². The smallest absolute Gasteiger partial charge is 0.0707 e. The Morgan fingerprint density at radius 3 is 3.10 bits per heavy atom. The maximum absolute atomic E-state index is 6.18. The van der Waals surface area contributed by atoms with Gasteiger partial charge in [0.2, 0.25) is 0 Å². The molecule has 2 aliphatic heterocycles. The fourth-order valence-electron chi connectivity index (χ4n) is 3.44. The Kier molecular flexibility index (Phi) is 4.76. The summed E-state index contributed by atoms with van der Waals surface area (Å²) in [5.74, 6) is 0. The molecule has 3 heterocycles. The van der Waals surface area contributed by atoms with E-state index >= 15 is 0 Å². The molecule has 1 aromatic rings. The van der Waals surface area contributed by atoms with Crippen LogP contribution >= 0.6 is 11.3 Å². The third-order valence-corrected chi connectivity index (χ3v) is 5.66. The summed E-state index contributed by atoms with van der Waals surface area (Å²) >= 11 is 1.92. The van der Waals surface area contributed by atoms with Gasteiger partial charge in [-0.2, -0.15) is 0 Å². The molecule has 4 heteroatoms. The zero-order valence-electron chi connectivity index (χ0n) is 12.6. The first-order chi connectivity index (χ1) is 9.78. The van der Waals surface area contributed by atoms with Gasteiger partial charge in [-0.25, -0.2) is 0 Å².